The van der Waals surface area contributed by atoms with E-state index in [2.05, 4.69) is 20.8 Å². The van der Waals surface area contributed by atoms with Crippen molar-refractivity contribution >= 4 is 11.9 Å². The van der Waals surface area contributed by atoms with Crippen LogP contribution in [0.1, 0.15) is 98.8 Å². The van der Waals surface area contributed by atoms with Gasteiger partial charge in [0.1, 0.15) is 6.10 Å². The maximum Gasteiger partial charge on any atom is 0.305 e. The first-order valence-corrected chi connectivity index (χ1v) is 13.6. The van der Waals surface area contributed by atoms with Crippen molar-refractivity contribution in [1.29, 1.82) is 0 Å². The number of carbonyl (C=O) groups is 2. The summed E-state index contributed by atoms with van der Waals surface area (Å²) in [4.78, 5) is 23.4. The molecular weight excluding hydrogens is 416 g/mol. The smallest absolute Gasteiger partial charge is 0.305 e. The summed E-state index contributed by atoms with van der Waals surface area (Å²) in [5.41, 5.74) is 0.197. The lowest BCUT2D eigenvalue weighted by Crippen LogP contribution is -2.59. The number of rotatable bonds is 6. The highest BCUT2D eigenvalue weighted by atomic mass is 16.5. The van der Waals surface area contributed by atoms with Crippen LogP contribution in [0.2, 0.25) is 0 Å². The first-order valence-electron chi connectivity index (χ1n) is 13.6. The van der Waals surface area contributed by atoms with Gasteiger partial charge in [0.05, 0.1) is 12.7 Å². The van der Waals surface area contributed by atoms with Gasteiger partial charge in [-0.1, -0.05) is 20.8 Å². The van der Waals surface area contributed by atoms with E-state index in [9.17, 15) is 14.7 Å². The summed E-state index contributed by atoms with van der Waals surface area (Å²) in [6.45, 7) is 10.9. The Bertz CT molecular complexity index is 736. The van der Waals surface area contributed by atoms with Crippen LogP contribution >= 0.6 is 0 Å². The van der Waals surface area contributed by atoms with Gasteiger partial charge in [-0.3, -0.25) is 9.59 Å². The van der Waals surface area contributed by atoms with Gasteiger partial charge in [-0.2, -0.15) is 0 Å². The highest BCUT2D eigenvalue weighted by molar-refractivity contribution is 5.69. The van der Waals surface area contributed by atoms with Crippen LogP contribution in [0.5, 0.6) is 0 Å². The Labute approximate surface area is 200 Å². The maximum atomic E-state index is 11.9. The molecule has 3 unspecified atom stereocenters. The monoisotopic (exact) mass is 462 g/mol. The average molecular weight is 463 g/mol. The Hall–Kier alpha value is -1.10. The molecule has 33 heavy (non-hydrogen) atoms. The van der Waals surface area contributed by atoms with E-state index in [-0.39, 0.29) is 35.0 Å². The summed E-state index contributed by atoms with van der Waals surface area (Å²) >= 11 is 0. The molecule has 4 fully saturated rings. The van der Waals surface area contributed by atoms with Crippen LogP contribution in [0, 0.1) is 46.3 Å². The molecule has 4 aliphatic rings. The second kappa shape index (κ2) is 9.51. The maximum absolute atomic E-state index is 11.9. The number of carbonyl (C=O) groups excluding carboxylic acids is 2. The van der Waals surface area contributed by atoms with Crippen molar-refractivity contribution in [3.05, 3.63) is 0 Å². The number of aliphatic hydroxyl groups excluding tert-OH is 1. The van der Waals surface area contributed by atoms with Gasteiger partial charge in [-0.15, -0.1) is 0 Å². The Balaban J connectivity index is 1.47. The molecule has 5 nitrogen and oxygen atoms in total. The van der Waals surface area contributed by atoms with Crippen LogP contribution in [0.3, 0.4) is 0 Å². The molecule has 0 aromatic heterocycles. The van der Waals surface area contributed by atoms with Crippen molar-refractivity contribution in [1.82, 2.24) is 0 Å². The number of hydrogen-bond donors (Lipinski definition) is 1. The molecule has 0 radical (unpaired) electrons. The van der Waals surface area contributed by atoms with Crippen molar-refractivity contribution in [2.24, 2.45) is 46.3 Å². The number of esters is 2. The highest BCUT2D eigenvalue weighted by Gasteiger charge is 2.63. The lowest BCUT2D eigenvalue weighted by Gasteiger charge is -2.62. The summed E-state index contributed by atoms with van der Waals surface area (Å²) in [5.74, 6) is 3.06. The predicted octanol–water partition coefficient (Wildman–Crippen LogP) is 5.53. The van der Waals surface area contributed by atoms with Crippen molar-refractivity contribution in [2.75, 3.05) is 6.61 Å². The van der Waals surface area contributed by atoms with Gasteiger partial charge >= 0.3 is 11.9 Å². The van der Waals surface area contributed by atoms with Crippen LogP contribution < -0.4 is 0 Å². The van der Waals surface area contributed by atoms with E-state index in [0.717, 1.165) is 32.1 Å². The van der Waals surface area contributed by atoms with Crippen molar-refractivity contribution in [3.8, 4) is 0 Å². The molecule has 5 heteroatoms. The zero-order valence-electron chi connectivity index (χ0n) is 21.5. The van der Waals surface area contributed by atoms with Crippen LogP contribution in [-0.2, 0) is 19.1 Å². The lowest BCUT2D eigenvalue weighted by molar-refractivity contribution is -0.181. The van der Waals surface area contributed by atoms with Gasteiger partial charge in [0.2, 0.25) is 0 Å². The molecule has 0 aliphatic heterocycles. The third kappa shape index (κ3) is 4.36. The summed E-state index contributed by atoms with van der Waals surface area (Å²) in [6.07, 6.45) is 9.94. The Morgan fingerprint density at radius 2 is 1.82 bits per heavy atom. The van der Waals surface area contributed by atoms with Gasteiger partial charge in [0.25, 0.3) is 0 Å². The number of fused-ring (bicyclic) bond motifs is 5. The molecule has 4 rings (SSSR count). The molecule has 0 spiro atoms. The minimum absolute atomic E-state index is 0.0482. The standard InChI is InChI=1S/C28H46O5/c1-6-32-26(31)12-7-17(2)22-10-11-23-21-9-8-19-15-20(33-18(3)29)13-14-27(19,4)24(21)16-25(30)28(22,23)5/h17,19-25,30H,6-16H2,1-5H3/t17-,19-,20-,21?,22-,23?,24?,25+,27+,28-/m1/s1. The summed E-state index contributed by atoms with van der Waals surface area (Å²) in [6, 6.07) is 0. The van der Waals surface area contributed by atoms with E-state index in [1.54, 1.807) is 0 Å². The Morgan fingerprint density at radius 1 is 1.06 bits per heavy atom. The second-order valence-electron chi connectivity index (χ2n) is 12.3. The van der Waals surface area contributed by atoms with Gasteiger partial charge < -0.3 is 14.6 Å². The van der Waals surface area contributed by atoms with Crippen LogP contribution in [-0.4, -0.2) is 35.9 Å². The lowest BCUT2D eigenvalue weighted by atomic mass is 9.43. The van der Waals surface area contributed by atoms with Gasteiger partial charge in [-0.05, 0) is 111 Å². The zero-order valence-corrected chi connectivity index (χ0v) is 21.5. The summed E-state index contributed by atoms with van der Waals surface area (Å²) in [5, 5.41) is 11.7. The molecule has 0 aromatic rings. The van der Waals surface area contributed by atoms with E-state index in [1.807, 2.05) is 6.92 Å². The normalized spacial score (nSPS) is 45.3. The molecule has 0 heterocycles. The Morgan fingerprint density at radius 3 is 2.52 bits per heavy atom. The molecule has 188 valence electrons. The summed E-state index contributed by atoms with van der Waals surface area (Å²) < 4.78 is 10.8. The number of ether oxygens (including phenoxy) is 2. The van der Waals surface area contributed by atoms with Gasteiger partial charge in [0.15, 0.2) is 0 Å². The fourth-order valence-electron chi connectivity index (χ4n) is 9.27. The molecule has 0 amide bonds. The topological polar surface area (TPSA) is 72.8 Å². The minimum Gasteiger partial charge on any atom is -0.466 e. The fourth-order valence-corrected chi connectivity index (χ4v) is 9.27. The van der Waals surface area contributed by atoms with E-state index in [4.69, 9.17) is 9.47 Å². The van der Waals surface area contributed by atoms with E-state index >= 15 is 0 Å². The largest absolute Gasteiger partial charge is 0.466 e. The first-order chi connectivity index (χ1) is 15.6. The first kappa shape index (κ1) is 25.0. The second-order valence-corrected chi connectivity index (χ2v) is 12.3. The third-order valence-electron chi connectivity index (χ3n) is 10.9. The van der Waals surface area contributed by atoms with E-state index in [0.29, 0.717) is 48.5 Å². The van der Waals surface area contributed by atoms with Crippen molar-refractivity contribution in [3.63, 3.8) is 0 Å². The highest BCUT2D eigenvalue weighted by Crippen LogP contribution is 2.68. The molecule has 0 aromatic carbocycles. The fraction of sp³-hybridized carbons (Fsp3) is 0.929. The van der Waals surface area contributed by atoms with Crippen LogP contribution in [0.4, 0.5) is 0 Å². The Kier molecular flexibility index (Phi) is 7.21. The SMILES string of the molecule is CCOC(=O)CC[C@@H](C)[C@H]1CCC2C3CC[C@@H]4C[C@H](OC(C)=O)CC[C@]4(C)C3C[C@H](O)[C@@]21C. The van der Waals surface area contributed by atoms with E-state index in [1.165, 1.54) is 32.6 Å². The predicted molar refractivity (Wildman–Crippen MR) is 127 cm³/mol. The van der Waals surface area contributed by atoms with Gasteiger partial charge in [-0.25, -0.2) is 0 Å². The molecule has 0 saturated heterocycles. The molecule has 10 atom stereocenters. The van der Waals surface area contributed by atoms with Crippen LogP contribution in [0.15, 0.2) is 0 Å². The van der Waals surface area contributed by atoms with Gasteiger partial charge in [0, 0.05) is 13.3 Å². The number of hydrogen-bond acceptors (Lipinski definition) is 5. The average Bonchev–Trinajstić information content (AvgIpc) is 3.12. The van der Waals surface area contributed by atoms with Crippen molar-refractivity contribution < 1.29 is 24.2 Å². The molecule has 4 saturated carbocycles. The van der Waals surface area contributed by atoms with Crippen LogP contribution in [0.25, 0.3) is 0 Å². The number of aliphatic hydroxyl groups is 1. The minimum atomic E-state index is -0.275. The zero-order chi connectivity index (χ0) is 24.0. The molecule has 4 aliphatic carbocycles. The third-order valence-corrected chi connectivity index (χ3v) is 10.9. The summed E-state index contributed by atoms with van der Waals surface area (Å²) in [7, 11) is 0. The van der Waals surface area contributed by atoms with Crippen molar-refractivity contribution in [2.45, 2.75) is 111 Å². The van der Waals surface area contributed by atoms with E-state index < -0.39 is 0 Å². The molecule has 1 N–H and O–H groups in total. The molecular formula is C28H46O5. The quantitative estimate of drug-likeness (QED) is 0.526. The molecule has 0 bridgehead atoms.